The van der Waals surface area contributed by atoms with Crippen molar-refractivity contribution in [3.63, 3.8) is 0 Å². The highest BCUT2D eigenvalue weighted by atomic mass is 16.6. The van der Waals surface area contributed by atoms with Gasteiger partial charge in [-0.15, -0.1) is 0 Å². The predicted octanol–water partition coefficient (Wildman–Crippen LogP) is 2.25. The first kappa shape index (κ1) is 31.9. The van der Waals surface area contributed by atoms with Gasteiger partial charge in [-0.3, -0.25) is 9.59 Å². The standard InChI is InChI=1S/C24H47NO8/c1-5-7-22(4)24(27)25-8-9-28-10-11-29-12-13-30-14-15-31-16-17-32-18-19-33-20-23(26)21(3)6-2/h21-22H,5-20H2,1-4H3,(H,25,27). The molecule has 9 nitrogen and oxygen atoms in total. The fourth-order valence-corrected chi connectivity index (χ4v) is 2.63. The maximum atomic E-state index is 11.7. The van der Waals surface area contributed by atoms with Crippen LogP contribution >= 0.6 is 0 Å². The first-order chi connectivity index (χ1) is 16.0. The van der Waals surface area contributed by atoms with Crippen molar-refractivity contribution in [2.24, 2.45) is 11.8 Å². The number of carbonyl (C=O) groups is 2. The van der Waals surface area contributed by atoms with E-state index < -0.39 is 0 Å². The topological polar surface area (TPSA) is 102 Å². The van der Waals surface area contributed by atoms with Crippen molar-refractivity contribution in [1.82, 2.24) is 5.32 Å². The van der Waals surface area contributed by atoms with E-state index >= 15 is 0 Å². The average molecular weight is 478 g/mol. The summed E-state index contributed by atoms with van der Waals surface area (Å²) in [5.41, 5.74) is 0. The van der Waals surface area contributed by atoms with Gasteiger partial charge in [0.2, 0.25) is 5.91 Å². The lowest BCUT2D eigenvalue weighted by Gasteiger charge is -2.11. The molecule has 0 aliphatic heterocycles. The van der Waals surface area contributed by atoms with Gasteiger partial charge >= 0.3 is 0 Å². The van der Waals surface area contributed by atoms with E-state index in [2.05, 4.69) is 12.2 Å². The Morgan fingerprint density at radius 1 is 0.636 bits per heavy atom. The molecule has 1 amide bonds. The van der Waals surface area contributed by atoms with Crippen LogP contribution in [0.4, 0.5) is 0 Å². The molecular weight excluding hydrogens is 430 g/mol. The Bertz CT molecular complexity index is 464. The molecular formula is C24H47NO8. The zero-order valence-electron chi connectivity index (χ0n) is 21.2. The summed E-state index contributed by atoms with van der Waals surface area (Å²) >= 11 is 0. The highest BCUT2D eigenvalue weighted by Gasteiger charge is 2.10. The van der Waals surface area contributed by atoms with Crippen LogP contribution in [0.2, 0.25) is 0 Å². The Morgan fingerprint density at radius 2 is 1.06 bits per heavy atom. The molecule has 0 spiro atoms. The molecule has 0 heterocycles. The molecule has 196 valence electrons. The van der Waals surface area contributed by atoms with Crippen molar-refractivity contribution in [3.05, 3.63) is 0 Å². The number of ketones is 1. The van der Waals surface area contributed by atoms with E-state index in [9.17, 15) is 9.59 Å². The van der Waals surface area contributed by atoms with Gasteiger partial charge in [-0.05, 0) is 12.8 Å². The zero-order chi connectivity index (χ0) is 24.6. The summed E-state index contributed by atoms with van der Waals surface area (Å²) in [5, 5.41) is 2.87. The van der Waals surface area contributed by atoms with Crippen molar-refractivity contribution >= 4 is 11.7 Å². The van der Waals surface area contributed by atoms with Crippen LogP contribution in [-0.2, 0) is 38.0 Å². The largest absolute Gasteiger partial charge is 0.377 e. The second kappa shape index (κ2) is 24.0. The van der Waals surface area contributed by atoms with Crippen LogP contribution < -0.4 is 5.32 Å². The molecule has 0 aromatic rings. The lowest BCUT2D eigenvalue weighted by molar-refractivity contribution is -0.127. The van der Waals surface area contributed by atoms with Gasteiger partial charge in [0, 0.05) is 18.4 Å². The maximum Gasteiger partial charge on any atom is 0.222 e. The second-order valence-electron chi connectivity index (χ2n) is 7.87. The summed E-state index contributed by atoms with van der Waals surface area (Å²) < 4.78 is 32.4. The number of ether oxygens (including phenoxy) is 6. The van der Waals surface area contributed by atoms with Gasteiger partial charge < -0.3 is 33.7 Å². The number of nitrogens with one attached hydrogen (secondary N) is 1. The SMILES string of the molecule is CCCC(C)C(=O)NCCOCCOCCOCCOCCOCCOCC(=O)C(C)CC. The molecule has 1 N–H and O–H groups in total. The van der Waals surface area contributed by atoms with Crippen molar-refractivity contribution in [1.29, 1.82) is 0 Å². The van der Waals surface area contributed by atoms with Crippen LogP contribution in [0.3, 0.4) is 0 Å². The fourth-order valence-electron chi connectivity index (χ4n) is 2.63. The van der Waals surface area contributed by atoms with Gasteiger partial charge in [0.1, 0.15) is 6.61 Å². The molecule has 0 radical (unpaired) electrons. The molecule has 2 atom stereocenters. The Labute approximate surface area is 200 Å². The molecule has 0 aliphatic carbocycles. The summed E-state index contributed by atoms with van der Waals surface area (Å²) in [5.74, 6) is 0.328. The quantitative estimate of drug-likeness (QED) is 0.200. The van der Waals surface area contributed by atoms with Gasteiger partial charge in [-0.25, -0.2) is 0 Å². The number of carbonyl (C=O) groups excluding carboxylic acids is 2. The molecule has 0 aliphatic rings. The minimum Gasteiger partial charge on any atom is -0.377 e. The zero-order valence-corrected chi connectivity index (χ0v) is 21.2. The molecule has 2 unspecified atom stereocenters. The number of hydrogen-bond donors (Lipinski definition) is 1. The number of hydrogen-bond acceptors (Lipinski definition) is 8. The Morgan fingerprint density at radius 3 is 1.48 bits per heavy atom. The fraction of sp³-hybridized carbons (Fsp3) is 0.917. The Kier molecular flexibility index (Phi) is 23.2. The van der Waals surface area contributed by atoms with E-state index in [1.807, 2.05) is 20.8 Å². The van der Waals surface area contributed by atoms with Gasteiger partial charge in [0.15, 0.2) is 5.78 Å². The highest BCUT2D eigenvalue weighted by Crippen LogP contribution is 2.04. The molecule has 0 bridgehead atoms. The minimum absolute atomic E-state index is 0.0535. The Balaban J connectivity index is 3.19. The molecule has 0 saturated heterocycles. The Hall–Kier alpha value is -1.10. The lowest BCUT2D eigenvalue weighted by atomic mass is 10.1. The van der Waals surface area contributed by atoms with E-state index in [-0.39, 0.29) is 30.1 Å². The van der Waals surface area contributed by atoms with E-state index in [0.29, 0.717) is 79.2 Å². The number of rotatable bonds is 25. The predicted molar refractivity (Wildman–Crippen MR) is 126 cm³/mol. The van der Waals surface area contributed by atoms with Crippen LogP contribution in [0.5, 0.6) is 0 Å². The third-order valence-corrected chi connectivity index (χ3v) is 4.98. The van der Waals surface area contributed by atoms with Crippen LogP contribution in [-0.4, -0.2) is 97.5 Å². The van der Waals surface area contributed by atoms with E-state index in [1.165, 1.54) is 0 Å². The molecule has 33 heavy (non-hydrogen) atoms. The minimum atomic E-state index is 0.0535. The molecule has 0 saturated carbocycles. The van der Waals surface area contributed by atoms with Crippen molar-refractivity contribution < 1.29 is 38.0 Å². The van der Waals surface area contributed by atoms with E-state index in [1.54, 1.807) is 0 Å². The first-order valence-corrected chi connectivity index (χ1v) is 12.3. The third-order valence-electron chi connectivity index (χ3n) is 4.98. The average Bonchev–Trinajstić information content (AvgIpc) is 2.81. The smallest absolute Gasteiger partial charge is 0.222 e. The molecule has 9 heteroatoms. The van der Waals surface area contributed by atoms with Crippen LogP contribution in [0.15, 0.2) is 0 Å². The van der Waals surface area contributed by atoms with Crippen molar-refractivity contribution in [2.75, 3.05) is 85.8 Å². The summed E-state index contributed by atoms with van der Waals surface area (Å²) in [6.45, 7) is 13.9. The molecule has 0 aromatic carbocycles. The second-order valence-corrected chi connectivity index (χ2v) is 7.87. The van der Waals surface area contributed by atoms with Crippen molar-refractivity contribution in [3.8, 4) is 0 Å². The van der Waals surface area contributed by atoms with E-state index in [4.69, 9.17) is 28.4 Å². The molecule has 0 fully saturated rings. The lowest BCUT2D eigenvalue weighted by Crippen LogP contribution is -2.32. The number of Topliss-reactive ketones (excluding diaryl/α,β-unsaturated/α-hetero) is 1. The summed E-state index contributed by atoms with van der Waals surface area (Å²) in [4.78, 5) is 23.3. The van der Waals surface area contributed by atoms with E-state index in [0.717, 1.165) is 19.3 Å². The van der Waals surface area contributed by atoms with Gasteiger partial charge in [-0.2, -0.15) is 0 Å². The normalized spacial score (nSPS) is 13.1. The van der Waals surface area contributed by atoms with Crippen LogP contribution in [0.1, 0.15) is 47.0 Å². The third kappa shape index (κ3) is 21.2. The van der Waals surface area contributed by atoms with Crippen molar-refractivity contribution in [2.45, 2.75) is 47.0 Å². The first-order valence-electron chi connectivity index (χ1n) is 12.3. The summed E-state index contributed by atoms with van der Waals surface area (Å²) in [6, 6.07) is 0. The molecule has 0 aromatic heterocycles. The summed E-state index contributed by atoms with van der Waals surface area (Å²) in [7, 11) is 0. The summed E-state index contributed by atoms with van der Waals surface area (Å²) in [6.07, 6.45) is 2.75. The maximum absolute atomic E-state index is 11.7. The van der Waals surface area contributed by atoms with Gasteiger partial charge in [-0.1, -0.05) is 34.1 Å². The highest BCUT2D eigenvalue weighted by molar-refractivity contribution is 5.81. The number of amides is 1. The van der Waals surface area contributed by atoms with Gasteiger partial charge in [0.25, 0.3) is 0 Å². The van der Waals surface area contributed by atoms with Gasteiger partial charge in [0.05, 0.1) is 72.7 Å². The van der Waals surface area contributed by atoms with Crippen LogP contribution in [0, 0.1) is 11.8 Å². The van der Waals surface area contributed by atoms with Crippen LogP contribution in [0.25, 0.3) is 0 Å². The monoisotopic (exact) mass is 477 g/mol. The molecule has 0 rings (SSSR count).